The lowest BCUT2D eigenvalue weighted by atomic mass is 10.2. The van der Waals surface area contributed by atoms with Gasteiger partial charge in [0.15, 0.2) is 0 Å². The Balaban J connectivity index is 2.10. The van der Waals surface area contributed by atoms with Crippen LogP contribution < -0.4 is 5.32 Å². The normalized spacial score (nSPS) is 12.3. The highest BCUT2D eigenvalue weighted by molar-refractivity contribution is 7.13. The van der Waals surface area contributed by atoms with Crippen molar-refractivity contribution in [1.82, 2.24) is 9.97 Å². The lowest BCUT2D eigenvalue weighted by molar-refractivity contribution is 1.07. The van der Waals surface area contributed by atoms with E-state index in [0.29, 0.717) is 0 Å². The zero-order valence-corrected chi connectivity index (χ0v) is 9.27. The van der Waals surface area contributed by atoms with Gasteiger partial charge in [-0.2, -0.15) is 0 Å². The second-order valence-electron chi connectivity index (χ2n) is 3.55. The molecule has 0 saturated heterocycles. The maximum Gasteiger partial charge on any atom is 0.223 e. The summed E-state index contributed by atoms with van der Waals surface area (Å²) in [5.41, 5.74) is 3.75. The van der Waals surface area contributed by atoms with E-state index >= 15 is 0 Å². The molecule has 0 radical (unpaired) electrons. The lowest BCUT2D eigenvalue weighted by Crippen LogP contribution is -2.02. The van der Waals surface area contributed by atoms with E-state index in [4.69, 9.17) is 0 Å². The lowest BCUT2D eigenvalue weighted by Gasteiger charge is -2.03. The van der Waals surface area contributed by atoms with E-state index < -0.39 is 0 Å². The van der Waals surface area contributed by atoms with E-state index in [9.17, 15) is 0 Å². The molecule has 15 heavy (non-hydrogen) atoms. The van der Waals surface area contributed by atoms with Gasteiger partial charge in [-0.15, -0.1) is 11.3 Å². The first-order valence-corrected chi connectivity index (χ1v) is 5.93. The summed E-state index contributed by atoms with van der Waals surface area (Å²) in [4.78, 5) is 10.1. The van der Waals surface area contributed by atoms with E-state index in [0.717, 1.165) is 24.6 Å². The van der Waals surface area contributed by atoms with Crippen LogP contribution >= 0.6 is 11.3 Å². The molecule has 0 bridgehead atoms. The Morgan fingerprint density at radius 2 is 2.40 bits per heavy atom. The molecule has 3 rings (SSSR count). The van der Waals surface area contributed by atoms with Gasteiger partial charge >= 0.3 is 0 Å². The van der Waals surface area contributed by atoms with E-state index in [-0.39, 0.29) is 0 Å². The Kier molecular flexibility index (Phi) is 1.95. The SMILES string of the molecule is CCNc1ncc2c(n1)-c1sccc1C2. The number of aromatic nitrogens is 2. The summed E-state index contributed by atoms with van der Waals surface area (Å²) in [6.45, 7) is 2.91. The Hall–Kier alpha value is -1.42. The third kappa shape index (κ3) is 1.33. The fourth-order valence-corrected chi connectivity index (χ4v) is 2.81. The number of rotatable bonds is 2. The summed E-state index contributed by atoms with van der Waals surface area (Å²) in [6.07, 6.45) is 2.92. The molecular weight excluding hydrogens is 206 g/mol. The highest BCUT2D eigenvalue weighted by Gasteiger charge is 2.21. The van der Waals surface area contributed by atoms with Crippen LogP contribution in [0.3, 0.4) is 0 Å². The summed E-state index contributed by atoms with van der Waals surface area (Å²) in [6, 6.07) is 2.18. The highest BCUT2D eigenvalue weighted by Crippen LogP contribution is 2.38. The summed E-state index contributed by atoms with van der Waals surface area (Å²) in [5.74, 6) is 0.734. The average Bonchev–Trinajstić information content (AvgIpc) is 2.78. The fraction of sp³-hybridized carbons (Fsp3) is 0.273. The fourth-order valence-electron chi connectivity index (χ4n) is 1.86. The first-order chi connectivity index (χ1) is 7.38. The second kappa shape index (κ2) is 3.31. The van der Waals surface area contributed by atoms with E-state index in [1.54, 1.807) is 11.3 Å². The smallest absolute Gasteiger partial charge is 0.223 e. The first kappa shape index (κ1) is 8.85. The molecule has 0 aromatic carbocycles. The summed E-state index contributed by atoms with van der Waals surface area (Å²) in [5, 5.41) is 5.27. The predicted molar refractivity (Wildman–Crippen MR) is 62.3 cm³/mol. The quantitative estimate of drug-likeness (QED) is 0.716. The minimum Gasteiger partial charge on any atom is -0.354 e. The van der Waals surface area contributed by atoms with Crippen LogP contribution in [0.15, 0.2) is 17.6 Å². The number of anilines is 1. The Labute approximate surface area is 92.2 Å². The average molecular weight is 217 g/mol. The number of hydrogen-bond donors (Lipinski definition) is 1. The van der Waals surface area contributed by atoms with Gasteiger partial charge in [-0.25, -0.2) is 9.97 Å². The standard InChI is InChI=1S/C11H11N3S/c1-2-12-11-13-6-8-5-7-3-4-15-10(7)9(8)14-11/h3-4,6H,2,5H2,1H3,(H,12,13,14). The van der Waals surface area contributed by atoms with Gasteiger partial charge in [-0.05, 0) is 23.9 Å². The van der Waals surface area contributed by atoms with E-state index in [1.165, 1.54) is 16.0 Å². The molecule has 0 atom stereocenters. The molecular formula is C11H11N3S. The van der Waals surface area contributed by atoms with E-state index in [2.05, 4.69) is 26.7 Å². The maximum atomic E-state index is 4.54. The molecule has 0 unspecified atom stereocenters. The largest absolute Gasteiger partial charge is 0.354 e. The van der Waals surface area contributed by atoms with Crippen LogP contribution in [-0.2, 0) is 6.42 Å². The van der Waals surface area contributed by atoms with Crippen LogP contribution in [0.1, 0.15) is 18.1 Å². The van der Waals surface area contributed by atoms with Gasteiger partial charge < -0.3 is 5.32 Å². The van der Waals surface area contributed by atoms with Gasteiger partial charge in [0.05, 0.1) is 10.6 Å². The van der Waals surface area contributed by atoms with Gasteiger partial charge in [-0.1, -0.05) is 0 Å². The Morgan fingerprint density at radius 1 is 1.47 bits per heavy atom. The molecule has 4 heteroatoms. The van der Waals surface area contributed by atoms with E-state index in [1.807, 2.05) is 13.1 Å². The van der Waals surface area contributed by atoms with Crippen LogP contribution in [0.25, 0.3) is 10.6 Å². The third-order valence-electron chi connectivity index (χ3n) is 2.54. The third-order valence-corrected chi connectivity index (χ3v) is 3.51. The molecule has 2 heterocycles. The molecule has 1 aliphatic rings. The van der Waals surface area contributed by atoms with Crippen molar-refractivity contribution in [1.29, 1.82) is 0 Å². The number of fused-ring (bicyclic) bond motifs is 3. The van der Waals surface area contributed by atoms with Crippen molar-refractivity contribution in [3.63, 3.8) is 0 Å². The Morgan fingerprint density at radius 3 is 3.27 bits per heavy atom. The van der Waals surface area contributed by atoms with Crippen molar-refractivity contribution in [2.45, 2.75) is 13.3 Å². The summed E-state index contributed by atoms with van der Waals surface area (Å²) >= 11 is 1.76. The van der Waals surface area contributed by atoms with Crippen molar-refractivity contribution < 1.29 is 0 Å². The number of nitrogens with zero attached hydrogens (tertiary/aromatic N) is 2. The maximum absolute atomic E-state index is 4.54. The van der Waals surface area contributed by atoms with Gasteiger partial charge in [0.1, 0.15) is 0 Å². The van der Waals surface area contributed by atoms with Crippen molar-refractivity contribution in [2.24, 2.45) is 0 Å². The van der Waals surface area contributed by atoms with Crippen LogP contribution in [0.2, 0.25) is 0 Å². The molecule has 3 nitrogen and oxygen atoms in total. The molecule has 2 aromatic rings. The van der Waals surface area contributed by atoms with Crippen molar-refractivity contribution in [3.8, 4) is 10.6 Å². The zero-order valence-electron chi connectivity index (χ0n) is 8.45. The highest BCUT2D eigenvalue weighted by atomic mass is 32.1. The molecule has 1 N–H and O–H groups in total. The minimum atomic E-state index is 0.734. The van der Waals surface area contributed by atoms with Gasteiger partial charge in [-0.3, -0.25) is 0 Å². The van der Waals surface area contributed by atoms with Crippen LogP contribution in [0, 0.1) is 0 Å². The molecule has 76 valence electrons. The monoisotopic (exact) mass is 217 g/mol. The minimum absolute atomic E-state index is 0.734. The van der Waals surface area contributed by atoms with Crippen LogP contribution in [0.4, 0.5) is 5.95 Å². The second-order valence-corrected chi connectivity index (χ2v) is 4.47. The van der Waals surface area contributed by atoms with Gasteiger partial charge in [0.2, 0.25) is 5.95 Å². The topological polar surface area (TPSA) is 37.8 Å². The number of nitrogens with one attached hydrogen (secondary N) is 1. The molecule has 0 amide bonds. The van der Waals surface area contributed by atoms with Crippen LogP contribution in [-0.4, -0.2) is 16.5 Å². The van der Waals surface area contributed by atoms with Crippen molar-refractivity contribution in [2.75, 3.05) is 11.9 Å². The molecule has 0 saturated carbocycles. The van der Waals surface area contributed by atoms with Crippen molar-refractivity contribution >= 4 is 17.3 Å². The predicted octanol–water partition coefficient (Wildman–Crippen LogP) is 2.54. The molecule has 1 aliphatic carbocycles. The Bertz CT molecular complexity index is 504. The first-order valence-electron chi connectivity index (χ1n) is 5.05. The van der Waals surface area contributed by atoms with Crippen molar-refractivity contribution in [3.05, 3.63) is 28.8 Å². The van der Waals surface area contributed by atoms with Crippen LogP contribution in [0.5, 0.6) is 0 Å². The summed E-state index contributed by atoms with van der Waals surface area (Å²) in [7, 11) is 0. The molecule has 0 spiro atoms. The van der Waals surface area contributed by atoms with Gasteiger partial charge in [0.25, 0.3) is 0 Å². The molecule has 0 fully saturated rings. The number of thiophene rings is 1. The zero-order chi connectivity index (χ0) is 10.3. The number of hydrogen-bond acceptors (Lipinski definition) is 4. The summed E-state index contributed by atoms with van der Waals surface area (Å²) < 4.78 is 0. The van der Waals surface area contributed by atoms with Gasteiger partial charge in [0, 0.05) is 24.7 Å². The molecule has 2 aromatic heterocycles. The molecule has 0 aliphatic heterocycles.